The Kier molecular flexibility index (Phi) is 3.69. The van der Waals surface area contributed by atoms with Crippen LogP contribution < -0.4 is 0 Å². The summed E-state index contributed by atoms with van der Waals surface area (Å²) < 4.78 is 0. The minimum atomic E-state index is -1.31. The van der Waals surface area contributed by atoms with E-state index in [1.54, 1.807) is 24.5 Å². The monoisotopic (exact) mass is 296 g/mol. The second kappa shape index (κ2) is 5.64. The molecule has 0 aliphatic rings. The number of rotatable bonds is 3. The van der Waals surface area contributed by atoms with Crippen molar-refractivity contribution in [2.75, 3.05) is 0 Å². The maximum Gasteiger partial charge on any atom is 0.143 e. The van der Waals surface area contributed by atoms with E-state index in [1.165, 1.54) is 6.33 Å². The number of hydrogen-bond acceptors (Lipinski definition) is 3. The highest BCUT2D eigenvalue weighted by Gasteiger charge is 2.34. The van der Waals surface area contributed by atoms with Gasteiger partial charge in [-0.2, -0.15) is 0 Å². The van der Waals surface area contributed by atoms with Crippen molar-refractivity contribution < 1.29 is 5.11 Å². The van der Waals surface area contributed by atoms with Crippen molar-refractivity contribution in [2.24, 2.45) is 0 Å². The molecule has 0 aliphatic heterocycles. The van der Waals surface area contributed by atoms with Gasteiger partial charge in [-0.3, -0.25) is 0 Å². The lowest BCUT2D eigenvalue weighted by atomic mass is 9.82. The summed E-state index contributed by atoms with van der Waals surface area (Å²) >= 11 is 5.95. The van der Waals surface area contributed by atoms with E-state index < -0.39 is 5.60 Å². The average Bonchev–Trinajstić information content (AvgIpc) is 2.56. The van der Waals surface area contributed by atoms with E-state index in [2.05, 4.69) is 9.97 Å². The molecule has 0 radical (unpaired) electrons. The Balaban J connectivity index is 2.23. The molecular weight excluding hydrogens is 284 g/mol. The molecule has 1 aromatic heterocycles. The van der Waals surface area contributed by atoms with E-state index in [-0.39, 0.29) is 0 Å². The maximum absolute atomic E-state index is 11.4. The van der Waals surface area contributed by atoms with Gasteiger partial charge in [-0.1, -0.05) is 54.1 Å². The highest BCUT2D eigenvalue weighted by Crippen LogP contribution is 2.36. The first-order valence-corrected chi connectivity index (χ1v) is 6.88. The molecule has 3 aromatic rings. The Labute approximate surface area is 127 Å². The van der Waals surface area contributed by atoms with Crippen molar-refractivity contribution in [3.63, 3.8) is 0 Å². The van der Waals surface area contributed by atoms with Crippen molar-refractivity contribution in [1.29, 1.82) is 0 Å². The molecule has 1 N–H and O–H groups in total. The molecule has 1 heterocycles. The first-order chi connectivity index (χ1) is 10.2. The van der Waals surface area contributed by atoms with Gasteiger partial charge >= 0.3 is 0 Å². The van der Waals surface area contributed by atoms with Gasteiger partial charge in [0.2, 0.25) is 0 Å². The van der Waals surface area contributed by atoms with Gasteiger partial charge in [0.05, 0.1) is 0 Å². The van der Waals surface area contributed by atoms with Crippen LogP contribution in [0.1, 0.15) is 16.7 Å². The molecule has 0 amide bonds. The zero-order valence-electron chi connectivity index (χ0n) is 11.1. The van der Waals surface area contributed by atoms with E-state index in [9.17, 15) is 5.11 Å². The van der Waals surface area contributed by atoms with E-state index in [1.807, 2.05) is 42.5 Å². The van der Waals surface area contributed by atoms with Crippen LogP contribution in [-0.4, -0.2) is 15.1 Å². The Hall–Kier alpha value is -2.23. The van der Waals surface area contributed by atoms with Crippen LogP contribution in [0.3, 0.4) is 0 Å². The molecule has 3 rings (SSSR count). The largest absolute Gasteiger partial charge is 0.376 e. The second-order valence-corrected chi connectivity index (χ2v) is 5.15. The van der Waals surface area contributed by atoms with E-state index >= 15 is 0 Å². The van der Waals surface area contributed by atoms with Crippen molar-refractivity contribution in [2.45, 2.75) is 5.60 Å². The molecular formula is C17H13ClN2O. The number of hydrogen-bond donors (Lipinski definition) is 1. The molecule has 0 saturated heterocycles. The predicted molar refractivity (Wildman–Crippen MR) is 82.0 cm³/mol. The van der Waals surface area contributed by atoms with Gasteiger partial charge in [0, 0.05) is 23.0 Å². The average molecular weight is 297 g/mol. The highest BCUT2D eigenvalue weighted by atomic mass is 35.5. The summed E-state index contributed by atoms with van der Waals surface area (Å²) in [5, 5.41) is 12.0. The van der Waals surface area contributed by atoms with Crippen LogP contribution in [0, 0.1) is 0 Å². The van der Waals surface area contributed by atoms with Crippen LogP contribution in [0.4, 0.5) is 0 Å². The summed E-state index contributed by atoms with van der Waals surface area (Å²) in [7, 11) is 0. The number of nitrogens with zero attached hydrogens (tertiary/aromatic N) is 2. The number of halogens is 1. The Bertz CT molecular complexity index is 675. The lowest BCUT2D eigenvalue weighted by Crippen LogP contribution is -2.29. The fraction of sp³-hybridized carbons (Fsp3) is 0.0588. The molecule has 4 heteroatoms. The lowest BCUT2D eigenvalue weighted by Gasteiger charge is -2.29. The number of benzene rings is 2. The zero-order valence-corrected chi connectivity index (χ0v) is 11.9. The van der Waals surface area contributed by atoms with Crippen molar-refractivity contribution in [3.05, 3.63) is 95.0 Å². The van der Waals surface area contributed by atoms with Crippen LogP contribution in [-0.2, 0) is 5.60 Å². The Morgan fingerprint density at radius 3 is 1.95 bits per heavy atom. The quantitative estimate of drug-likeness (QED) is 0.805. The number of aromatic nitrogens is 2. The normalized spacial score (nSPS) is 13.6. The predicted octanol–water partition coefficient (Wildman–Crippen LogP) is 3.41. The minimum Gasteiger partial charge on any atom is -0.376 e. The van der Waals surface area contributed by atoms with Crippen molar-refractivity contribution in [3.8, 4) is 0 Å². The Morgan fingerprint density at radius 2 is 1.33 bits per heavy atom. The van der Waals surface area contributed by atoms with Crippen molar-refractivity contribution in [1.82, 2.24) is 9.97 Å². The summed E-state index contributed by atoms with van der Waals surface area (Å²) in [6.07, 6.45) is 4.68. The third-order valence-electron chi connectivity index (χ3n) is 3.43. The molecule has 1 atom stereocenters. The third-order valence-corrected chi connectivity index (χ3v) is 3.68. The summed E-state index contributed by atoms with van der Waals surface area (Å²) in [6, 6.07) is 16.6. The van der Waals surface area contributed by atoms with Gasteiger partial charge in [0.25, 0.3) is 0 Å². The van der Waals surface area contributed by atoms with Crippen LogP contribution in [0.5, 0.6) is 0 Å². The molecule has 0 aliphatic carbocycles. The standard InChI is InChI=1S/C17H13ClN2O/c18-16-8-6-14(7-9-16)17(21,13-4-2-1-3-5-13)15-10-19-12-20-11-15/h1-12,21H/t17-/m0/s1. The Morgan fingerprint density at radius 1 is 0.762 bits per heavy atom. The molecule has 104 valence electrons. The van der Waals surface area contributed by atoms with Crippen LogP contribution in [0.15, 0.2) is 73.3 Å². The van der Waals surface area contributed by atoms with Gasteiger partial charge < -0.3 is 5.11 Å². The van der Waals surface area contributed by atoms with E-state index in [0.29, 0.717) is 16.1 Å². The zero-order chi connectivity index (χ0) is 14.7. The summed E-state index contributed by atoms with van der Waals surface area (Å²) in [5.74, 6) is 0. The van der Waals surface area contributed by atoms with Crippen LogP contribution >= 0.6 is 11.6 Å². The van der Waals surface area contributed by atoms with Gasteiger partial charge in [0.1, 0.15) is 11.9 Å². The van der Waals surface area contributed by atoms with Crippen LogP contribution in [0.2, 0.25) is 5.02 Å². The molecule has 2 aromatic carbocycles. The first kappa shape index (κ1) is 13.7. The molecule has 0 fully saturated rings. The van der Waals surface area contributed by atoms with E-state index in [4.69, 9.17) is 11.6 Å². The van der Waals surface area contributed by atoms with Crippen LogP contribution in [0.25, 0.3) is 0 Å². The fourth-order valence-electron chi connectivity index (χ4n) is 2.36. The second-order valence-electron chi connectivity index (χ2n) is 4.71. The van der Waals surface area contributed by atoms with Gasteiger partial charge in [-0.25, -0.2) is 9.97 Å². The lowest BCUT2D eigenvalue weighted by molar-refractivity contribution is 0.125. The highest BCUT2D eigenvalue weighted by molar-refractivity contribution is 6.30. The first-order valence-electron chi connectivity index (χ1n) is 6.50. The minimum absolute atomic E-state index is 0.610. The van der Waals surface area contributed by atoms with Crippen molar-refractivity contribution >= 4 is 11.6 Å². The van der Waals surface area contributed by atoms with Gasteiger partial charge in [0.15, 0.2) is 0 Å². The molecule has 0 unspecified atom stereocenters. The van der Waals surface area contributed by atoms with Gasteiger partial charge in [-0.15, -0.1) is 0 Å². The fourth-order valence-corrected chi connectivity index (χ4v) is 2.48. The molecule has 0 bridgehead atoms. The smallest absolute Gasteiger partial charge is 0.143 e. The SMILES string of the molecule is O[C@@](c1ccccc1)(c1ccc(Cl)cc1)c1cncnc1. The molecule has 3 nitrogen and oxygen atoms in total. The van der Waals surface area contributed by atoms with Gasteiger partial charge in [-0.05, 0) is 23.3 Å². The molecule has 0 saturated carbocycles. The number of aliphatic hydroxyl groups is 1. The molecule has 21 heavy (non-hydrogen) atoms. The maximum atomic E-state index is 11.4. The van der Waals surface area contributed by atoms with E-state index in [0.717, 1.165) is 5.56 Å². The summed E-state index contributed by atoms with van der Waals surface area (Å²) in [4.78, 5) is 8.04. The summed E-state index contributed by atoms with van der Waals surface area (Å²) in [5.41, 5.74) is 0.765. The topological polar surface area (TPSA) is 46.0 Å². The molecule has 0 spiro atoms. The third kappa shape index (κ3) is 2.53. The summed E-state index contributed by atoms with van der Waals surface area (Å²) in [6.45, 7) is 0.